The van der Waals surface area contributed by atoms with Gasteiger partial charge >= 0.3 is 0 Å². The van der Waals surface area contributed by atoms with Crippen LogP contribution in [0.4, 0.5) is 0 Å². The summed E-state index contributed by atoms with van der Waals surface area (Å²) in [5.74, 6) is 0. The first-order chi connectivity index (χ1) is 9.36. The van der Waals surface area contributed by atoms with Crippen LogP contribution in [-0.4, -0.2) is 20.4 Å². The first kappa shape index (κ1) is 11.9. The Labute approximate surface area is 111 Å². The van der Waals surface area contributed by atoms with E-state index in [1.165, 1.54) is 5.56 Å². The van der Waals surface area contributed by atoms with E-state index in [1.54, 1.807) is 0 Å². The zero-order valence-corrected chi connectivity index (χ0v) is 10.9. The molecule has 3 rings (SSSR count). The van der Waals surface area contributed by atoms with E-state index in [-0.39, 0.29) is 0 Å². The van der Waals surface area contributed by atoms with E-state index >= 15 is 0 Å². The van der Waals surface area contributed by atoms with E-state index in [1.807, 2.05) is 6.20 Å². The fourth-order valence-electron chi connectivity index (χ4n) is 2.19. The smallest absolute Gasteiger partial charge is 0.0695 e. The minimum absolute atomic E-state index is 0.789. The molecule has 1 aromatic carbocycles. The Bertz CT molecular complexity index is 667. The van der Waals surface area contributed by atoms with Gasteiger partial charge in [0.25, 0.3) is 0 Å². The van der Waals surface area contributed by atoms with E-state index < -0.39 is 0 Å². The van der Waals surface area contributed by atoms with Gasteiger partial charge in [0.2, 0.25) is 0 Å². The van der Waals surface area contributed by atoms with Gasteiger partial charge in [-0.3, -0.25) is 10.2 Å². The topological polar surface area (TPSA) is 69.4 Å². The number of aryl methyl sites for hydroxylation is 1. The molecular formula is C14H17N5. The van der Waals surface area contributed by atoms with Crippen LogP contribution in [0, 0.1) is 0 Å². The summed E-state index contributed by atoms with van der Waals surface area (Å²) in [5.41, 5.74) is 4.56. The van der Waals surface area contributed by atoms with E-state index in [0.29, 0.717) is 0 Å². The number of benzene rings is 1. The highest BCUT2D eigenvalue weighted by Gasteiger charge is 2.03. The largest absolute Gasteiger partial charge is 0.307 e. The summed E-state index contributed by atoms with van der Waals surface area (Å²) in [6.45, 7) is 3.70. The minimum atomic E-state index is 0.789. The van der Waals surface area contributed by atoms with E-state index in [2.05, 4.69) is 56.9 Å². The molecule has 19 heavy (non-hydrogen) atoms. The summed E-state index contributed by atoms with van der Waals surface area (Å²) in [6.07, 6.45) is 2.81. The molecule has 2 heterocycles. The number of aromatic amines is 2. The molecule has 0 saturated carbocycles. The molecule has 0 saturated heterocycles. The molecular weight excluding hydrogens is 238 g/mol. The Kier molecular flexibility index (Phi) is 3.29. The number of para-hydroxylation sites is 1. The lowest BCUT2D eigenvalue weighted by atomic mass is 10.1. The summed E-state index contributed by atoms with van der Waals surface area (Å²) >= 11 is 0. The van der Waals surface area contributed by atoms with Crippen LogP contribution >= 0.6 is 0 Å². The van der Waals surface area contributed by atoms with Crippen LogP contribution in [0.3, 0.4) is 0 Å². The van der Waals surface area contributed by atoms with Crippen molar-refractivity contribution in [2.75, 3.05) is 0 Å². The highest BCUT2D eigenvalue weighted by Crippen LogP contribution is 2.15. The number of nitrogens with zero attached hydrogens (tertiary/aromatic N) is 2. The normalized spacial score (nSPS) is 11.2. The second kappa shape index (κ2) is 5.24. The third-order valence-corrected chi connectivity index (χ3v) is 3.24. The molecule has 5 heteroatoms. The van der Waals surface area contributed by atoms with Crippen LogP contribution in [0.1, 0.15) is 23.9 Å². The summed E-state index contributed by atoms with van der Waals surface area (Å²) in [5, 5.41) is 18.9. The van der Waals surface area contributed by atoms with Crippen LogP contribution in [0.2, 0.25) is 0 Å². The second-order valence-corrected chi connectivity index (χ2v) is 4.59. The molecule has 0 aliphatic heterocycles. The number of fused-ring (bicyclic) bond motifs is 1. The third kappa shape index (κ3) is 2.51. The van der Waals surface area contributed by atoms with Gasteiger partial charge in [-0.05, 0) is 18.1 Å². The lowest BCUT2D eigenvalue weighted by molar-refractivity contribution is 0.679. The average Bonchev–Trinajstić information content (AvgIpc) is 3.07. The van der Waals surface area contributed by atoms with E-state index in [4.69, 9.17) is 0 Å². The molecule has 0 bridgehead atoms. The average molecular weight is 255 g/mol. The van der Waals surface area contributed by atoms with Gasteiger partial charge in [-0.15, -0.1) is 0 Å². The van der Waals surface area contributed by atoms with Crippen molar-refractivity contribution in [2.45, 2.75) is 26.4 Å². The molecule has 2 aromatic heterocycles. The standard InChI is InChI=1S/C14H17N5/c1-2-12-6-13(18-17-12)9-15-7-10-4-3-5-11-8-16-19-14(10)11/h3-6,8,15H,2,7,9H2,1H3,(H,16,19)(H,17,18). The predicted molar refractivity (Wildman–Crippen MR) is 74.6 cm³/mol. The van der Waals surface area contributed by atoms with Crippen molar-refractivity contribution in [2.24, 2.45) is 0 Å². The molecule has 0 fully saturated rings. The van der Waals surface area contributed by atoms with Crippen molar-refractivity contribution in [1.82, 2.24) is 25.7 Å². The fourth-order valence-corrected chi connectivity index (χ4v) is 2.19. The Hall–Kier alpha value is -2.14. The minimum Gasteiger partial charge on any atom is -0.307 e. The SMILES string of the molecule is CCc1cc(CNCc2cccc3cn[nH]c23)[nH]n1. The zero-order valence-electron chi connectivity index (χ0n) is 10.9. The van der Waals surface area contributed by atoms with Gasteiger partial charge in [0, 0.05) is 24.2 Å². The number of rotatable bonds is 5. The quantitative estimate of drug-likeness (QED) is 0.654. The molecule has 0 radical (unpaired) electrons. The van der Waals surface area contributed by atoms with Gasteiger partial charge in [0.1, 0.15) is 0 Å². The zero-order chi connectivity index (χ0) is 13.1. The molecule has 0 atom stereocenters. The van der Waals surface area contributed by atoms with Gasteiger partial charge in [-0.2, -0.15) is 10.2 Å². The summed E-state index contributed by atoms with van der Waals surface area (Å²) < 4.78 is 0. The monoisotopic (exact) mass is 255 g/mol. The molecule has 98 valence electrons. The molecule has 0 spiro atoms. The molecule has 0 amide bonds. The van der Waals surface area contributed by atoms with Crippen LogP contribution < -0.4 is 5.32 Å². The molecule has 3 N–H and O–H groups in total. The van der Waals surface area contributed by atoms with Gasteiger partial charge in [-0.1, -0.05) is 25.1 Å². The Morgan fingerprint density at radius 2 is 2.16 bits per heavy atom. The van der Waals surface area contributed by atoms with Gasteiger partial charge < -0.3 is 5.32 Å². The van der Waals surface area contributed by atoms with Crippen LogP contribution in [0.5, 0.6) is 0 Å². The molecule has 0 aliphatic rings. The number of hydrogen-bond donors (Lipinski definition) is 3. The first-order valence-corrected chi connectivity index (χ1v) is 6.51. The molecule has 0 unspecified atom stereocenters. The van der Waals surface area contributed by atoms with Crippen molar-refractivity contribution < 1.29 is 0 Å². The van der Waals surface area contributed by atoms with Crippen molar-refractivity contribution in [3.63, 3.8) is 0 Å². The third-order valence-electron chi connectivity index (χ3n) is 3.24. The van der Waals surface area contributed by atoms with Crippen LogP contribution in [-0.2, 0) is 19.5 Å². The maximum Gasteiger partial charge on any atom is 0.0695 e. The van der Waals surface area contributed by atoms with Crippen LogP contribution in [0.15, 0.2) is 30.5 Å². The number of H-pyrrole nitrogens is 2. The molecule has 3 aromatic rings. The lowest BCUT2D eigenvalue weighted by Gasteiger charge is -2.04. The highest BCUT2D eigenvalue weighted by molar-refractivity contribution is 5.81. The molecule has 0 aliphatic carbocycles. The maximum absolute atomic E-state index is 4.22. The Balaban J connectivity index is 1.64. The van der Waals surface area contributed by atoms with E-state index in [0.717, 1.165) is 41.8 Å². The maximum atomic E-state index is 4.22. The first-order valence-electron chi connectivity index (χ1n) is 6.51. The molecule has 5 nitrogen and oxygen atoms in total. The van der Waals surface area contributed by atoms with E-state index in [9.17, 15) is 0 Å². The van der Waals surface area contributed by atoms with Crippen molar-refractivity contribution in [3.8, 4) is 0 Å². The van der Waals surface area contributed by atoms with Crippen molar-refractivity contribution in [3.05, 3.63) is 47.4 Å². The number of hydrogen-bond acceptors (Lipinski definition) is 3. The van der Waals surface area contributed by atoms with Gasteiger partial charge in [0.05, 0.1) is 17.4 Å². The summed E-state index contributed by atoms with van der Waals surface area (Å²) in [6, 6.07) is 8.33. The Morgan fingerprint density at radius 3 is 3.00 bits per heavy atom. The summed E-state index contributed by atoms with van der Waals surface area (Å²) in [4.78, 5) is 0. The second-order valence-electron chi connectivity index (χ2n) is 4.59. The Morgan fingerprint density at radius 1 is 1.21 bits per heavy atom. The van der Waals surface area contributed by atoms with Crippen molar-refractivity contribution >= 4 is 10.9 Å². The lowest BCUT2D eigenvalue weighted by Crippen LogP contribution is -2.13. The van der Waals surface area contributed by atoms with Crippen molar-refractivity contribution in [1.29, 1.82) is 0 Å². The van der Waals surface area contributed by atoms with Gasteiger partial charge in [-0.25, -0.2) is 0 Å². The van der Waals surface area contributed by atoms with Crippen LogP contribution in [0.25, 0.3) is 10.9 Å². The number of nitrogens with one attached hydrogen (secondary N) is 3. The summed E-state index contributed by atoms with van der Waals surface area (Å²) in [7, 11) is 0. The predicted octanol–water partition coefficient (Wildman–Crippen LogP) is 2.14. The fraction of sp³-hybridized carbons (Fsp3) is 0.286. The van der Waals surface area contributed by atoms with Gasteiger partial charge in [0.15, 0.2) is 0 Å². The highest BCUT2D eigenvalue weighted by atomic mass is 15.1. The number of aromatic nitrogens is 4.